The average molecular weight is 404 g/mol. The zero-order valence-corrected chi connectivity index (χ0v) is 15.8. The van der Waals surface area contributed by atoms with Crippen molar-refractivity contribution in [2.75, 3.05) is 33.2 Å². The minimum absolute atomic E-state index is 0.109. The average Bonchev–Trinajstić information content (AvgIpc) is 2.77. The fraction of sp³-hybridized carbons (Fsp3) is 0.263. The molecule has 0 atom stereocenters. The van der Waals surface area contributed by atoms with E-state index in [0.29, 0.717) is 49.1 Å². The Morgan fingerprint density at radius 2 is 1.03 bits per heavy atom. The van der Waals surface area contributed by atoms with E-state index in [1.165, 1.54) is 0 Å². The lowest BCUT2D eigenvalue weighted by molar-refractivity contribution is -0.0662. The number of amides is 2. The zero-order chi connectivity index (χ0) is 20.9. The summed E-state index contributed by atoms with van der Waals surface area (Å²) in [4.78, 5) is 22.6. The maximum absolute atomic E-state index is 11.3. The molecule has 10 heteroatoms. The topological polar surface area (TPSA) is 147 Å². The molecule has 0 aromatic heterocycles. The van der Waals surface area contributed by atoms with Crippen molar-refractivity contribution < 1.29 is 28.5 Å². The first kappa shape index (κ1) is 22.1. The van der Waals surface area contributed by atoms with Gasteiger partial charge in [-0.3, -0.25) is 20.4 Å². The van der Waals surface area contributed by atoms with Gasteiger partial charge in [0.15, 0.2) is 0 Å². The third-order valence-corrected chi connectivity index (χ3v) is 3.65. The Kier molecular flexibility index (Phi) is 9.39. The lowest BCUT2D eigenvalue weighted by Gasteiger charge is -2.09. The highest BCUT2D eigenvalue weighted by molar-refractivity contribution is 5.94. The van der Waals surface area contributed by atoms with Gasteiger partial charge in [-0.25, -0.2) is 11.7 Å². The summed E-state index contributed by atoms with van der Waals surface area (Å²) < 4.78 is 21.6. The van der Waals surface area contributed by atoms with Gasteiger partial charge in [0, 0.05) is 11.1 Å². The molecular formula is C19H24N4O6. The van der Waals surface area contributed by atoms with Crippen LogP contribution in [0, 0.1) is 0 Å². The maximum Gasteiger partial charge on any atom is 0.265 e. The molecule has 0 unspecified atom stereocenters. The molecule has 0 spiro atoms. The Bertz CT molecular complexity index is 702. The van der Waals surface area contributed by atoms with Crippen LogP contribution in [0.4, 0.5) is 0 Å². The van der Waals surface area contributed by atoms with Crippen molar-refractivity contribution in [3.63, 3.8) is 0 Å². The summed E-state index contributed by atoms with van der Waals surface area (Å²) in [5.74, 6) is 10.6. The summed E-state index contributed by atoms with van der Waals surface area (Å²) >= 11 is 0. The van der Waals surface area contributed by atoms with E-state index in [0.717, 1.165) is 0 Å². The molecule has 156 valence electrons. The number of hydrazine groups is 2. The normalized spacial score (nSPS) is 10.3. The van der Waals surface area contributed by atoms with Crippen LogP contribution in [-0.2, 0) is 9.47 Å². The summed E-state index contributed by atoms with van der Waals surface area (Å²) in [5, 5.41) is 0. The van der Waals surface area contributed by atoms with Gasteiger partial charge in [0.05, 0.1) is 13.2 Å². The van der Waals surface area contributed by atoms with Crippen molar-refractivity contribution in [1.82, 2.24) is 10.9 Å². The summed E-state index contributed by atoms with van der Waals surface area (Å²) in [6, 6.07) is 13.1. The number of nitrogen functional groups attached to an aromatic ring is 2. The van der Waals surface area contributed by atoms with Crippen LogP contribution in [0.5, 0.6) is 11.5 Å². The first-order chi connectivity index (χ1) is 14.1. The van der Waals surface area contributed by atoms with Crippen LogP contribution < -0.4 is 32.0 Å². The van der Waals surface area contributed by atoms with E-state index in [1.54, 1.807) is 48.5 Å². The van der Waals surface area contributed by atoms with Crippen LogP contribution in [-0.4, -0.2) is 45.0 Å². The largest absolute Gasteiger partial charge is 0.491 e. The van der Waals surface area contributed by atoms with Crippen LogP contribution in [0.1, 0.15) is 20.7 Å². The van der Waals surface area contributed by atoms with Crippen LogP contribution in [0.25, 0.3) is 0 Å². The van der Waals surface area contributed by atoms with Crippen LogP contribution >= 0.6 is 0 Å². The first-order valence-corrected chi connectivity index (χ1v) is 8.77. The highest BCUT2D eigenvalue weighted by Crippen LogP contribution is 2.12. The molecule has 0 heterocycles. The fourth-order valence-corrected chi connectivity index (χ4v) is 2.19. The molecule has 0 aliphatic carbocycles. The molecule has 10 nitrogen and oxygen atoms in total. The number of benzene rings is 2. The third-order valence-electron chi connectivity index (χ3n) is 3.65. The van der Waals surface area contributed by atoms with Gasteiger partial charge in [0.1, 0.15) is 31.5 Å². The summed E-state index contributed by atoms with van der Waals surface area (Å²) in [5.41, 5.74) is 5.01. The predicted octanol–water partition coefficient (Wildman–Crippen LogP) is 0.342. The van der Waals surface area contributed by atoms with Crippen molar-refractivity contribution in [2.24, 2.45) is 11.7 Å². The summed E-state index contributed by atoms with van der Waals surface area (Å²) in [6.07, 6.45) is 0. The van der Waals surface area contributed by atoms with Gasteiger partial charge >= 0.3 is 0 Å². The molecule has 0 saturated heterocycles. The Morgan fingerprint density at radius 1 is 0.655 bits per heavy atom. The van der Waals surface area contributed by atoms with Crippen LogP contribution in [0.3, 0.4) is 0 Å². The predicted molar refractivity (Wildman–Crippen MR) is 104 cm³/mol. The van der Waals surface area contributed by atoms with Gasteiger partial charge < -0.3 is 18.9 Å². The monoisotopic (exact) mass is 404 g/mol. The molecule has 2 amide bonds. The Morgan fingerprint density at radius 3 is 1.38 bits per heavy atom. The van der Waals surface area contributed by atoms with E-state index in [1.807, 2.05) is 0 Å². The quantitative estimate of drug-likeness (QED) is 0.130. The van der Waals surface area contributed by atoms with Gasteiger partial charge in [-0.1, -0.05) is 0 Å². The highest BCUT2D eigenvalue weighted by atomic mass is 16.7. The van der Waals surface area contributed by atoms with Crippen molar-refractivity contribution in [1.29, 1.82) is 0 Å². The minimum Gasteiger partial charge on any atom is -0.491 e. The van der Waals surface area contributed by atoms with Crippen molar-refractivity contribution >= 4 is 11.8 Å². The standard InChI is InChI=1S/C19H24N4O6/c20-22-18(24)14-1-5-16(6-2-14)28-11-9-26-13-27-10-12-29-17-7-3-15(4-8-17)19(25)23-21/h1-8H,9-13,20-21H2,(H,22,24)(H,23,25). The van der Waals surface area contributed by atoms with E-state index in [4.69, 9.17) is 30.6 Å². The van der Waals surface area contributed by atoms with E-state index < -0.39 is 0 Å². The Labute approximate surface area is 168 Å². The second-order valence-electron chi connectivity index (χ2n) is 5.63. The lowest BCUT2D eigenvalue weighted by Crippen LogP contribution is -2.29. The number of carbonyl (C=O) groups is 2. The minimum atomic E-state index is -0.364. The van der Waals surface area contributed by atoms with E-state index in [-0.39, 0.29) is 18.6 Å². The molecule has 2 rings (SSSR count). The lowest BCUT2D eigenvalue weighted by atomic mass is 10.2. The van der Waals surface area contributed by atoms with Crippen LogP contribution in [0.15, 0.2) is 48.5 Å². The second-order valence-corrected chi connectivity index (χ2v) is 5.63. The van der Waals surface area contributed by atoms with Crippen LogP contribution in [0.2, 0.25) is 0 Å². The third kappa shape index (κ3) is 7.76. The molecule has 2 aromatic rings. The van der Waals surface area contributed by atoms with Gasteiger partial charge in [-0.2, -0.15) is 0 Å². The summed E-state index contributed by atoms with van der Waals surface area (Å²) in [7, 11) is 0. The first-order valence-electron chi connectivity index (χ1n) is 8.77. The van der Waals surface area contributed by atoms with Crippen molar-refractivity contribution in [3.05, 3.63) is 59.7 Å². The second kappa shape index (κ2) is 12.3. The zero-order valence-electron chi connectivity index (χ0n) is 15.8. The highest BCUT2D eigenvalue weighted by Gasteiger charge is 2.04. The molecule has 0 aliphatic rings. The van der Waals surface area contributed by atoms with Gasteiger partial charge in [-0.15, -0.1) is 0 Å². The van der Waals surface area contributed by atoms with Gasteiger partial charge in [-0.05, 0) is 48.5 Å². The van der Waals surface area contributed by atoms with Crippen molar-refractivity contribution in [3.8, 4) is 11.5 Å². The SMILES string of the molecule is NNC(=O)c1ccc(OCCOCOCCOc2ccc(C(=O)NN)cc2)cc1. The van der Waals surface area contributed by atoms with E-state index >= 15 is 0 Å². The molecular weight excluding hydrogens is 380 g/mol. The van der Waals surface area contributed by atoms with Gasteiger partial charge in [0.25, 0.3) is 11.8 Å². The van der Waals surface area contributed by atoms with E-state index in [9.17, 15) is 9.59 Å². The number of carbonyl (C=O) groups excluding carboxylic acids is 2. The number of hydrogen-bond acceptors (Lipinski definition) is 8. The smallest absolute Gasteiger partial charge is 0.265 e. The molecule has 0 radical (unpaired) electrons. The maximum atomic E-state index is 11.3. The van der Waals surface area contributed by atoms with Gasteiger partial charge in [0.2, 0.25) is 0 Å². The summed E-state index contributed by atoms with van der Waals surface area (Å²) in [6.45, 7) is 1.47. The number of nitrogens with one attached hydrogen (secondary N) is 2. The van der Waals surface area contributed by atoms with E-state index in [2.05, 4.69) is 10.9 Å². The molecule has 0 aliphatic heterocycles. The molecule has 0 bridgehead atoms. The molecule has 0 saturated carbocycles. The molecule has 2 aromatic carbocycles. The van der Waals surface area contributed by atoms with Crippen molar-refractivity contribution in [2.45, 2.75) is 0 Å². The number of hydrogen-bond donors (Lipinski definition) is 4. The fourth-order valence-electron chi connectivity index (χ4n) is 2.19. The Balaban J connectivity index is 1.50. The molecule has 29 heavy (non-hydrogen) atoms. The Hall–Kier alpha value is -3.18. The number of ether oxygens (including phenoxy) is 4. The number of nitrogens with two attached hydrogens (primary N) is 2. The number of rotatable bonds is 12. The molecule has 6 N–H and O–H groups in total. The molecule has 0 fully saturated rings.